The molecule has 1 aliphatic carbocycles. The van der Waals surface area contributed by atoms with Gasteiger partial charge in [0.1, 0.15) is 0 Å². The molecule has 1 saturated carbocycles. The number of hydrogen-bond donors (Lipinski definition) is 0. The Labute approximate surface area is 117 Å². The van der Waals surface area contributed by atoms with Crippen molar-refractivity contribution in [2.45, 2.75) is 39.0 Å². The molecule has 2 atom stereocenters. The summed E-state index contributed by atoms with van der Waals surface area (Å²) in [6.07, 6.45) is 5.55. The maximum Gasteiger partial charge on any atom is 0.0693 e. The van der Waals surface area contributed by atoms with Gasteiger partial charge in [-0.3, -0.25) is 0 Å². The van der Waals surface area contributed by atoms with Crippen LogP contribution in [0, 0.1) is 26.2 Å². The number of nitriles is 1. The topological polar surface area (TPSA) is 23.8 Å². The average Bonchev–Trinajstić information content (AvgIpc) is 2.32. The van der Waals surface area contributed by atoms with E-state index in [4.69, 9.17) is 0 Å². The average molecular weight is 339 g/mol. The lowest BCUT2D eigenvalue weighted by molar-refractivity contribution is 0.209. The highest BCUT2D eigenvalue weighted by Crippen LogP contribution is 2.41. The van der Waals surface area contributed by atoms with E-state index in [9.17, 15) is 5.26 Å². The molecule has 0 N–H and O–H groups in total. The maximum atomic E-state index is 9.52. The summed E-state index contributed by atoms with van der Waals surface area (Å²) in [4.78, 5) is 0. The third-order valence-corrected chi connectivity index (χ3v) is 4.50. The first kappa shape index (κ1) is 12.9. The Morgan fingerprint density at radius 3 is 2.71 bits per heavy atom. The van der Waals surface area contributed by atoms with Gasteiger partial charge in [0, 0.05) is 3.57 Å². The van der Waals surface area contributed by atoms with Crippen LogP contribution in [-0.4, -0.2) is 0 Å². The van der Waals surface area contributed by atoms with Crippen molar-refractivity contribution in [3.8, 4) is 6.07 Å². The maximum absolute atomic E-state index is 9.52. The standard InChI is InChI=1S/C15H18IN/c1-12-3-2-8-15(9-12,11-17)10-13-4-6-14(16)7-5-13/h4-7,12H,2-3,8-10H2,1H3. The molecule has 0 aromatic heterocycles. The highest BCUT2D eigenvalue weighted by Gasteiger charge is 2.35. The van der Waals surface area contributed by atoms with Crippen LogP contribution >= 0.6 is 22.6 Å². The lowest BCUT2D eigenvalue weighted by Crippen LogP contribution is -2.28. The van der Waals surface area contributed by atoms with Crippen LogP contribution in [0.4, 0.5) is 0 Å². The highest BCUT2D eigenvalue weighted by atomic mass is 127. The van der Waals surface area contributed by atoms with Crippen LogP contribution in [0.5, 0.6) is 0 Å². The van der Waals surface area contributed by atoms with Gasteiger partial charge in [-0.1, -0.05) is 31.9 Å². The van der Waals surface area contributed by atoms with Gasteiger partial charge in [0.05, 0.1) is 11.5 Å². The van der Waals surface area contributed by atoms with Crippen molar-refractivity contribution in [3.05, 3.63) is 33.4 Å². The fraction of sp³-hybridized carbons (Fsp3) is 0.533. The number of hydrogen-bond acceptors (Lipinski definition) is 1. The normalized spacial score (nSPS) is 28.6. The summed E-state index contributed by atoms with van der Waals surface area (Å²) in [5, 5.41) is 9.52. The molecule has 1 aromatic carbocycles. The minimum Gasteiger partial charge on any atom is -0.198 e. The molecule has 0 aliphatic heterocycles. The van der Waals surface area contributed by atoms with Crippen molar-refractivity contribution in [1.29, 1.82) is 5.26 Å². The van der Waals surface area contributed by atoms with E-state index in [2.05, 4.69) is 59.8 Å². The quantitative estimate of drug-likeness (QED) is 0.725. The van der Waals surface area contributed by atoms with E-state index in [1.807, 2.05) is 0 Å². The molecule has 0 heterocycles. The van der Waals surface area contributed by atoms with Gasteiger partial charge in [0.15, 0.2) is 0 Å². The molecular formula is C15H18IN. The Hall–Kier alpha value is -0.560. The zero-order valence-electron chi connectivity index (χ0n) is 10.2. The fourth-order valence-electron chi connectivity index (χ4n) is 2.95. The third-order valence-electron chi connectivity index (χ3n) is 3.78. The SMILES string of the molecule is CC1CCCC(C#N)(Cc2ccc(I)cc2)C1. The van der Waals surface area contributed by atoms with E-state index in [0.717, 1.165) is 19.3 Å². The summed E-state index contributed by atoms with van der Waals surface area (Å²) in [7, 11) is 0. The lowest BCUT2D eigenvalue weighted by atomic mass is 9.68. The molecule has 0 bridgehead atoms. The zero-order chi connectivity index (χ0) is 12.3. The number of halogens is 1. The largest absolute Gasteiger partial charge is 0.198 e. The van der Waals surface area contributed by atoms with Crippen molar-refractivity contribution in [2.75, 3.05) is 0 Å². The molecule has 1 aliphatic rings. The Kier molecular flexibility index (Phi) is 4.09. The molecule has 1 fully saturated rings. The van der Waals surface area contributed by atoms with Gasteiger partial charge in [0.25, 0.3) is 0 Å². The van der Waals surface area contributed by atoms with E-state index >= 15 is 0 Å². The van der Waals surface area contributed by atoms with Crippen LogP contribution in [0.3, 0.4) is 0 Å². The van der Waals surface area contributed by atoms with Crippen LogP contribution in [0.1, 0.15) is 38.2 Å². The number of nitrogens with zero attached hydrogens (tertiary/aromatic N) is 1. The second-order valence-corrected chi connectivity index (χ2v) is 6.64. The van der Waals surface area contributed by atoms with Crippen molar-refractivity contribution in [2.24, 2.45) is 11.3 Å². The van der Waals surface area contributed by atoms with E-state index in [1.165, 1.54) is 22.0 Å². The molecule has 0 amide bonds. The van der Waals surface area contributed by atoms with Crippen LogP contribution < -0.4 is 0 Å². The number of rotatable bonds is 2. The molecule has 0 spiro atoms. The van der Waals surface area contributed by atoms with Crippen LogP contribution in [-0.2, 0) is 6.42 Å². The zero-order valence-corrected chi connectivity index (χ0v) is 12.4. The Morgan fingerprint density at radius 1 is 1.41 bits per heavy atom. The van der Waals surface area contributed by atoms with E-state index in [-0.39, 0.29) is 5.41 Å². The predicted molar refractivity (Wildman–Crippen MR) is 78.5 cm³/mol. The van der Waals surface area contributed by atoms with Gasteiger partial charge in [-0.05, 0) is 65.5 Å². The van der Waals surface area contributed by atoms with Crippen molar-refractivity contribution in [1.82, 2.24) is 0 Å². The molecule has 1 nitrogen and oxygen atoms in total. The second kappa shape index (κ2) is 5.39. The molecule has 2 rings (SSSR count). The van der Waals surface area contributed by atoms with E-state index in [1.54, 1.807) is 0 Å². The lowest BCUT2D eigenvalue weighted by Gasteiger charge is -2.34. The first-order chi connectivity index (χ1) is 8.13. The van der Waals surface area contributed by atoms with Crippen LogP contribution in [0.2, 0.25) is 0 Å². The smallest absolute Gasteiger partial charge is 0.0693 e. The van der Waals surface area contributed by atoms with Gasteiger partial charge in [-0.15, -0.1) is 0 Å². The summed E-state index contributed by atoms with van der Waals surface area (Å²) < 4.78 is 1.26. The van der Waals surface area contributed by atoms with Gasteiger partial charge < -0.3 is 0 Å². The first-order valence-corrected chi connectivity index (χ1v) is 7.37. The van der Waals surface area contributed by atoms with Gasteiger partial charge in [0.2, 0.25) is 0 Å². The van der Waals surface area contributed by atoms with Gasteiger partial charge in [-0.25, -0.2) is 0 Å². The van der Waals surface area contributed by atoms with Gasteiger partial charge in [-0.2, -0.15) is 5.26 Å². The Bertz CT molecular complexity index is 418. The second-order valence-electron chi connectivity index (χ2n) is 5.40. The molecular weight excluding hydrogens is 321 g/mol. The Morgan fingerprint density at radius 2 is 2.12 bits per heavy atom. The number of benzene rings is 1. The molecule has 17 heavy (non-hydrogen) atoms. The summed E-state index contributed by atoms with van der Waals surface area (Å²) in [5.41, 5.74) is 1.20. The minimum atomic E-state index is -0.107. The molecule has 90 valence electrons. The van der Waals surface area contributed by atoms with Gasteiger partial charge >= 0.3 is 0 Å². The van der Waals surface area contributed by atoms with Crippen LogP contribution in [0.15, 0.2) is 24.3 Å². The highest BCUT2D eigenvalue weighted by molar-refractivity contribution is 14.1. The van der Waals surface area contributed by atoms with E-state index in [0.29, 0.717) is 5.92 Å². The summed E-state index contributed by atoms with van der Waals surface area (Å²) in [6, 6.07) is 11.2. The predicted octanol–water partition coefficient (Wildman–Crippen LogP) is 4.55. The molecule has 0 radical (unpaired) electrons. The van der Waals surface area contributed by atoms with Crippen molar-refractivity contribution in [3.63, 3.8) is 0 Å². The van der Waals surface area contributed by atoms with Crippen LogP contribution in [0.25, 0.3) is 0 Å². The molecule has 2 unspecified atom stereocenters. The first-order valence-electron chi connectivity index (χ1n) is 6.29. The molecule has 2 heteroatoms. The monoisotopic (exact) mass is 339 g/mol. The van der Waals surface area contributed by atoms with Crippen molar-refractivity contribution >= 4 is 22.6 Å². The summed E-state index contributed by atoms with van der Waals surface area (Å²) in [5.74, 6) is 0.701. The van der Waals surface area contributed by atoms with Crippen molar-refractivity contribution < 1.29 is 0 Å². The summed E-state index contributed by atoms with van der Waals surface area (Å²) >= 11 is 2.32. The Balaban J connectivity index is 2.14. The third kappa shape index (κ3) is 3.22. The molecule has 1 aromatic rings. The fourth-order valence-corrected chi connectivity index (χ4v) is 3.31. The van der Waals surface area contributed by atoms with E-state index < -0.39 is 0 Å². The molecule has 0 saturated heterocycles. The summed E-state index contributed by atoms with van der Waals surface area (Å²) in [6.45, 7) is 2.28. The minimum absolute atomic E-state index is 0.107.